The van der Waals surface area contributed by atoms with Gasteiger partial charge in [0.25, 0.3) is 0 Å². The van der Waals surface area contributed by atoms with Gasteiger partial charge < -0.3 is 14.8 Å². The van der Waals surface area contributed by atoms with E-state index in [-0.39, 0.29) is 18.4 Å². The molecule has 0 aliphatic heterocycles. The van der Waals surface area contributed by atoms with Crippen LogP contribution in [0.5, 0.6) is 5.75 Å². The first-order valence-corrected chi connectivity index (χ1v) is 9.72. The number of amides is 1. The van der Waals surface area contributed by atoms with Crippen LogP contribution in [0.25, 0.3) is 0 Å². The summed E-state index contributed by atoms with van der Waals surface area (Å²) in [6.07, 6.45) is 0. The topological polar surface area (TPSA) is 67.9 Å². The van der Waals surface area contributed by atoms with E-state index in [0.717, 1.165) is 16.9 Å². The summed E-state index contributed by atoms with van der Waals surface area (Å²) >= 11 is 1.23. The lowest BCUT2D eigenvalue weighted by molar-refractivity contribution is -0.117. The van der Waals surface area contributed by atoms with Crippen LogP contribution in [0.15, 0.2) is 30.3 Å². The first-order chi connectivity index (χ1) is 12.9. The number of rotatable bonds is 9. The third-order valence-corrected chi connectivity index (χ3v) is 4.87. The second kappa shape index (κ2) is 10.1. The van der Waals surface area contributed by atoms with Crippen molar-refractivity contribution in [2.45, 2.75) is 27.3 Å². The van der Waals surface area contributed by atoms with Gasteiger partial charge in [-0.1, -0.05) is 12.1 Å². The number of nitrogens with zero attached hydrogens (tertiary/aromatic N) is 1. The summed E-state index contributed by atoms with van der Waals surface area (Å²) in [5, 5.41) is 3.50. The predicted octanol–water partition coefficient (Wildman–Crippen LogP) is 3.70. The molecule has 1 aromatic carbocycles. The molecule has 27 heavy (non-hydrogen) atoms. The van der Waals surface area contributed by atoms with Gasteiger partial charge in [0, 0.05) is 6.54 Å². The molecule has 0 aliphatic carbocycles. The summed E-state index contributed by atoms with van der Waals surface area (Å²) in [7, 11) is 1.89. The molecule has 0 bridgehead atoms. The first-order valence-electron chi connectivity index (χ1n) is 8.90. The van der Waals surface area contributed by atoms with Gasteiger partial charge in [0.15, 0.2) is 0 Å². The van der Waals surface area contributed by atoms with Crippen molar-refractivity contribution in [2.24, 2.45) is 0 Å². The number of aryl methyl sites for hydroxylation is 1. The molecule has 1 amide bonds. The van der Waals surface area contributed by atoms with Gasteiger partial charge in [-0.25, -0.2) is 4.79 Å². The zero-order chi connectivity index (χ0) is 19.8. The van der Waals surface area contributed by atoms with E-state index >= 15 is 0 Å². The van der Waals surface area contributed by atoms with Crippen LogP contribution in [0.3, 0.4) is 0 Å². The van der Waals surface area contributed by atoms with Crippen molar-refractivity contribution < 1.29 is 19.1 Å². The average molecular weight is 391 g/mol. The quantitative estimate of drug-likeness (QED) is 0.661. The number of carbonyl (C=O) groups excluding carboxylic acids is 2. The number of nitrogens with one attached hydrogen (secondary N) is 1. The molecule has 7 heteroatoms. The fourth-order valence-corrected chi connectivity index (χ4v) is 3.57. The molecule has 2 aromatic rings. The Bertz CT molecular complexity index is 771. The molecule has 146 valence electrons. The molecule has 0 unspecified atom stereocenters. The summed E-state index contributed by atoms with van der Waals surface area (Å²) in [4.78, 5) is 26.6. The molecule has 1 N–H and O–H groups in total. The van der Waals surface area contributed by atoms with E-state index in [0.29, 0.717) is 29.6 Å². The third-order valence-electron chi connectivity index (χ3n) is 3.74. The van der Waals surface area contributed by atoms with E-state index in [4.69, 9.17) is 9.47 Å². The molecule has 0 fully saturated rings. The fraction of sp³-hybridized carbons (Fsp3) is 0.400. The number of hydrogen-bond donors (Lipinski definition) is 1. The van der Waals surface area contributed by atoms with Gasteiger partial charge in [0.1, 0.15) is 10.6 Å². The number of benzene rings is 1. The highest BCUT2D eigenvalue weighted by Gasteiger charge is 2.16. The van der Waals surface area contributed by atoms with E-state index in [2.05, 4.69) is 5.32 Å². The highest BCUT2D eigenvalue weighted by Crippen LogP contribution is 2.27. The monoisotopic (exact) mass is 390 g/mol. The minimum absolute atomic E-state index is 0.125. The number of likely N-dealkylation sites (N-methyl/N-ethyl adjacent to an activating group) is 1. The maximum Gasteiger partial charge on any atom is 0.348 e. The predicted molar refractivity (Wildman–Crippen MR) is 108 cm³/mol. The third kappa shape index (κ3) is 6.37. The summed E-state index contributed by atoms with van der Waals surface area (Å²) in [6.45, 7) is 7.41. The van der Waals surface area contributed by atoms with Crippen molar-refractivity contribution in [1.29, 1.82) is 0 Å². The second-order valence-electron chi connectivity index (χ2n) is 6.14. The molecule has 0 aliphatic rings. The number of thiophene rings is 1. The van der Waals surface area contributed by atoms with E-state index in [1.54, 1.807) is 13.0 Å². The Balaban J connectivity index is 1.87. The number of anilines is 1. The average Bonchev–Trinajstić information content (AvgIpc) is 2.97. The largest absolute Gasteiger partial charge is 0.494 e. The molecule has 0 spiro atoms. The number of hydrogen-bond acceptors (Lipinski definition) is 6. The van der Waals surface area contributed by atoms with Crippen LogP contribution < -0.4 is 10.1 Å². The van der Waals surface area contributed by atoms with Crippen molar-refractivity contribution in [3.05, 3.63) is 46.3 Å². The van der Waals surface area contributed by atoms with E-state index in [1.807, 2.05) is 50.1 Å². The normalized spacial score (nSPS) is 10.7. The SMILES string of the molecule is CCOC(=O)c1sc(NC(=O)CN(C)Cc2ccc(OCC)cc2)cc1C. The van der Waals surface area contributed by atoms with Crippen molar-refractivity contribution >= 4 is 28.2 Å². The van der Waals surface area contributed by atoms with Crippen LogP contribution in [0.1, 0.15) is 34.6 Å². The Morgan fingerprint density at radius 1 is 1.15 bits per heavy atom. The van der Waals surface area contributed by atoms with Gasteiger partial charge in [0.05, 0.1) is 24.8 Å². The molecule has 0 radical (unpaired) electrons. The molecular formula is C20H26N2O4S. The maximum atomic E-state index is 12.3. The zero-order valence-corrected chi connectivity index (χ0v) is 17.0. The van der Waals surface area contributed by atoms with Crippen molar-refractivity contribution in [3.63, 3.8) is 0 Å². The van der Waals surface area contributed by atoms with Crippen LogP contribution in [-0.2, 0) is 16.1 Å². The Hall–Kier alpha value is -2.38. The highest BCUT2D eigenvalue weighted by atomic mass is 32.1. The minimum atomic E-state index is -0.354. The number of ether oxygens (including phenoxy) is 2. The summed E-state index contributed by atoms with van der Waals surface area (Å²) in [6, 6.07) is 9.64. The summed E-state index contributed by atoms with van der Waals surface area (Å²) in [5.74, 6) is 0.361. The lowest BCUT2D eigenvalue weighted by atomic mass is 10.2. The fourth-order valence-electron chi connectivity index (χ4n) is 2.59. The molecule has 0 saturated carbocycles. The summed E-state index contributed by atoms with van der Waals surface area (Å²) < 4.78 is 10.5. The van der Waals surface area contributed by atoms with Gasteiger partial charge in [-0.05, 0) is 57.1 Å². The van der Waals surface area contributed by atoms with Crippen molar-refractivity contribution in [2.75, 3.05) is 32.1 Å². The summed E-state index contributed by atoms with van der Waals surface area (Å²) in [5.41, 5.74) is 1.90. The van der Waals surface area contributed by atoms with Gasteiger partial charge in [-0.15, -0.1) is 11.3 Å². The van der Waals surface area contributed by atoms with Crippen molar-refractivity contribution in [3.8, 4) is 5.75 Å². The molecule has 0 atom stereocenters. The van der Waals surface area contributed by atoms with Gasteiger partial charge in [-0.2, -0.15) is 0 Å². The van der Waals surface area contributed by atoms with Crippen LogP contribution in [0.4, 0.5) is 5.00 Å². The van der Waals surface area contributed by atoms with E-state index in [9.17, 15) is 9.59 Å². The van der Waals surface area contributed by atoms with Crippen LogP contribution in [0.2, 0.25) is 0 Å². The first kappa shape index (κ1) is 20.9. The Labute approximate surface area is 164 Å². The maximum absolute atomic E-state index is 12.3. The smallest absolute Gasteiger partial charge is 0.348 e. The molecule has 0 saturated heterocycles. The minimum Gasteiger partial charge on any atom is -0.494 e. The van der Waals surface area contributed by atoms with E-state index in [1.165, 1.54) is 11.3 Å². The number of esters is 1. The standard InChI is InChI=1S/C20H26N2O4S/c1-5-25-16-9-7-15(8-10-16)12-22(4)13-17(23)21-18-11-14(3)19(27-18)20(24)26-6-2/h7-11H,5-6,12-13H2,1-4H3,(H,21,23). The van der Waals surface area contributed by atoms with Crippen LogP contribution >= 0.6 is 11.3 Å². The van der Waals surface area contributed by atoms with Crippen LogP contribution in [-0.4, -0.2) is 43.6 Å². The van der Waals surface area contributed by atoms with Gasteiger partial charge >= 0.3 is 5.97 Å². The van der Waals surface area contributed by atoms with E-state index < -0.39 is 0 Å². The Kier molecular flexibility index (Phi) is 7.82. The molecule has 2 rings (SSSR count). The molecule has 1 heterocycles. The van der Waals surface area contributed by atoms with Crippen molar-refractivity contribution in [1.82, 2.24) is 4.90 Å². The van der Waals surface area contributed by atoms with Gasteiger partial charge in [-0.3, -0.25) is 9.69 Å². The molecular weight excluding hydrogens is 364 g/mol. The molecule has 1 aromatic heterocycles. The number of carbonyl (C=O) groups is 2. The van der Waals surface area contributed by atoms with Gasteiger partial charge in [0.2, 0.25) is 5.91 Å². The Morgan fingerprint density at radius 2 is 1.85 bits per heavy atom. The zero-order valence-electron chi connectivity index (χ0n) is 16.2. The second-order valence-corrected chi connectivity index (χ2v) is 7.19. The molecule has 6 nitrogen and oxygen atoms in total. The Morgan fingerprint density at radius 3 is 2.48 bits per heavy atom. The van der Waals surface area contributed by atoms with Crippen LogP contribution in [0, 0.1) is 6.92 Å². The highest BCUT2D eigenvalue weighted by molar-refractivity contribution is 7.18. The lowest BCUT2D eigenvalue weighted by Crippen LogP contribution is -2.29. The lowest BCUT2D eigenvalue weighted by Gasteiger charge is -2.16.